The lowest BCUT2D eigenvalue weighted by Gasteiger charge is -2.22. The lowest BCUT2D eigenvalue weighted by atomic mass is 9.94. The Balaban J connectivity index is 2.53. The largest absolute Gasteiger partial charge is 0.377 e. The van der Waals surface area contributed by atoms with Gasteiger partial charge < -0.3 is 4.90 Å². The number of carbonyl (C=O) groups is 1. The summed E-state index contributed by atoms with van der Waals surface area (Å²) in [6, 6.07) is 13.6. The van der Waals surface area contributed by atoms with Crippen molar-refractivity contribution in [2.75, 3.05) is 19.0 Å². The number of aryl methyl sites for hydroxylation is 2. The van der Waals surface area contributed by atoms with E-state index < -0.39 is 0 Å². The molecule has 0 aromatic heterocycles. The molecule has 2 nitrogen and oxygen atoms in total. The van der Waals surface area contributed by atoms with Crippen LogP contribution in [0.1, 0.15) is 40.9 Å². The van der Waals surface area contributed by atoms with Crippen molar-refractivity contribution in [3.8, 4) is 0 Å². The Morgan fingerprint density at radius 1 is 0.905 bits per heavy atom. The van der Waals surface area contributed by atoms with E-state index in [0.29, 0.717) is 0 Å². The number of ketones is 1. The molecule has 2 rings (SSSR count). The summed E-state index contributed by atoms with van der Waals surface area (Å²) in [7, 11) is 4.12. The third-order valence-corrected chi connectivity index (χ3v) is 3.77. The van der Waals surface area contributed by atoms with E-state index in [0.717, 1.165) is 24.0 Å². The van der Waals surface area contributed by atoms with Crippen LogP contribution in [-0.4, -0.2) is 19.9 Å². The predicted octanol–water partition coefficient (Wildman–Crippen LogP) is 4.11. The first kappa shape index (κ1) is 15.3. The van der Waals surface area contributed by atoms with E-state index in [4.69, 9.17) is 0 Å². The van der Waals surface area contributed by atoms with Crippen molar-refractivity contribution in [1.29, 1.82) is 0 Å². The van der Waals surface area contributed by atoms with Gasteiger partial charge in [-0.3, -0.25) is 4.79 Å². The molecule has 2 aromatic rings. The van der Waals surface area contributed by atoms with Gasteiger partial charge in [-0.25, -0.2) is 0 Å². The second-order valence-corrected chi connectivity index (χ2v) is 5.44. The van der Waals surface area contributed by atoms with Crippen molar-refractivity contribution in [3.05, 3.63) is 64.7 Å². The van der Waals surface area contributed by atoms with Crippen LogP contribution in [0, 0.1) is 0 Å². The van der Waals surface area contributed by atoms with Crippen molar-refractivity contribution < 1.29 is 4.79 Å². The van der Waals surface area contributed by atoms with Gasteiger partial charge in [0.25, 0.3) is 0 Å². The molecule has 0 bridgehead atoms. The van der Waals surface area contributed by atoms with Gasteiger partial charge in [-0.15, -0.1) is 0 Å². The average molecular weight is 281 g/mol. The molecule has 21 heavy (non-hydrogen) atoms. The summed E-state index contributed by atoms with van der Waals surface area (Å²) >= 11 is 0. The van der Waals surface area contributed by atoms with Gasteiger partial charge in [0.2, 0.25) is 0 Å². The van der Waals surface area contributed by atoms with Gasteiger partial charge in [0.05, 0.1) is 0 Å². The first-order valence-electron chi connectivity index (χ1n) is 7.51. The van der Waals surface area contributed by atoms with E-state index in [1.165, 1.54) is 16.8 Å². The maximum absolute atomic E-state index is 12.7. The van der Waals surface area contributed by atoms with Crippen molar-refractivity contribution in [2.45, 2.75) is 26.7 Å². The Kier molecular flexibility index (Phi) is 4.79. The van der Waals surface area contributed by atoms with Crippen LogP contribution in [0.2, 0.25) is 0 Å². The molecule has 0 heterocycles. The molecular formula is C19H23NO. The van der Waals surface area contributed by atoms with Crippen LogP contribution >= 0.6 is 0 Å². The number of hydrogen-bond acceptors (Lipinski definition) is 2. The quantitative estimate of drug-likeness (QED) is 0.769. The van der Waals surface area contributed by atoms with Crippen molar-refractivity contribution in [3.63, 3.8) is 0 Å². The third-order valence-electron chi connectivity index (χ3n) is 3.77. The van der Waals surface area contributed by atoms with Gasteiger partial charge in [0, 0.05) is 30.9 Å². The number of benzene rings is 2. The van der Waals surface area contributed by atoms with Gasteiger partial charge in [-0.05, 0) is 36.1 Å². The fraction of sp³-hybridized carbons (Fsp3) is 0.316. The van der Waals surface area contributed by atoms with Crippen LogP contribution in [0.5, 0.6) is 0 Å². The topological polar surface area (TPSA) is 20.3 Å². The van der Waals surface area contributed by atoms with Crippen LogP contribution < -0.4 is 4.90 Å². The van der Waals surface area contributed by atoms with E-state index in [-0.39, 0.29) is 5.78 Å². The van der Waals surface area contributed by atoms with E-state index in [2.05, 4.69) is 32.8 Å². The Hall–Kier alpha value is -2.09. The fourth-order valence-corrected chi connectivity index (χ4v) is 2.76. The van der Waals surface area contributed by atoms with Crippen molar-refractivity contribution in [1.82, 2.24) is 0 Å². The second kappa shape index (κ2) is 6.57. The number of nitrogens with zero attached hydrogens (tertiary/aromatic N) is 1. The SMILES string of the molecule is CCc1cc(C(=O)c2ccccc2)cc(CC)c1N(C)C. The molecule has 2 aromatic carbocycles. The summed E-state index contributed by atoms with van der Waals surface area (Å²) < 4.78 is 0. The van der Waals surface area contributed by atoms with Gasteiger partial charge >= 0.3 is 0 Å². The number of anilines is 1. The van der Waals surface area contributed by atoms with E-state index in [1.54, 1.807) is 0 Å². The standard InChI is InChI=1S/C19H23NO/c1-5-14-12-17(13-15(6-2)18(14)20(3)4)19(21)16-10-8-7-9-11-16/h7-13H,5-6H2,1-4H3. The molecule has 2 heteroatoms. The van der Waals surface area contributed by atoms with Gasteiger partial charge in [0.15, 0.2) is 5.78 Å². The Morgan fingerprint density at radius 2 is 1.43 bits per heavy atom. The van der Waals surface area contributed by atoms with Crippen molar-refractivity contribution >= 4 is 11.5 Å². The first-order valence-corrected chi connectivity index (χ1v) is 7.51. The van der Waals surface area contributed by atoms with Crippen LogP contribution in [0.15, 0.2) is 42.5 Å². The zero-order chi connectivity index (χ0) is 15.4. The summed E-state index contributed by atoms with van der Waals surface area (Å²) in [5.74, 6) is 0.102. The van der Waals surface area contributed by atoms with Gasteiger partial charge in [0.1, 0.15) is 0 Å². The molecule has 0 saturated carbocycles. The van der Waals surface area contributed by atoms with E-state index in [1.807, 2.05) is 42.5 Å². The van der Waals surface area contributed by atoms with Crippen LogP contribution in [0.25, 0.3) is 0 Å². The van der Waals surface area contributed by atoms with E-state index in [9.17, 15) is 4.79 Å². The molecule has 0 aliphatic carbocycles. The highest BCUT2D eigenvalue weighted by Crippen LogP contribution is 2.28. The highest BCUT2D eigenvalue weighted by atomic mass is 16.1. The third kappa shape index (κ3) is 3.15. The minimum absolute atomic E-state index is 0.102. The molecule has 0 amide bonds. The fourth-order valence-electron chi connectivity index (χ4n) is 2.76. The smallest absolute Gasteiger partial charge is 0.193 e. The zero-order valence-corrected chi connectivity index (χ0v) is 13.3. The molecule has 0 spiro atoms. The minimum atomic E-state index is 0.102. The highest BCUT2D eigenvalue weighted by Gasteiger charge is 2.15. The average Bonchev–Trinajstić information content (AvgIpc) is 2.53. The predicted molar refractivity (Wildman–Crippen MR) is 89.4 cm³/mol. The van der Waals surface area contributed by atoms with Gasteiger partial charge in [-0.2, -0.15) is 0 Å². The molecule has 0 saturated heterocycles. The van der Waals surface area contributed by atoms with Gasteiger partial charge in [-0.1, -0.05) is 44.2 Å². The summed E-state index contributed by atoms with van der Waals surface area (Å²) in [5.41, 5.74) is 5.27. The summed E-state index contributed by atoms with van der Waals surface area (Å²) in [6.07, 6.45) is 1.85. The zero-order valence-electron chi connectivity index (χ0n) is 13.3. The molecule has 0 radical (unpaired) electrons. The monoisotopic (exact) mass is 281 g/mol. The lowest BCUT2D eigenvalue weighted by molar-refractivity contribution is 0.103. The van der Waals surface area contributed by atoms with Crippen LogP contribution in [0.4, 0.5) is 5.69 Å². The minimum Gasteiger partial charge on any atom is -0.377 e. The first-order chi connectivity index (χ1) is 10.1. The number of rotatable bonds is 5. The van der Waals surface area contributed by atoms with Crippen molar-refractivity contribution in [2.24, 2.45) is 0 Å². The normalized spacial score (nSPS) is 10.5. The molecular weight excluding hydrogens is 258 g/mol. The maximum atomic E-state index is 12.7. The Labute approximate surface area is 127 Å². The molecule has 0 N–H and O–H groups in total. The summed E-state index contributed by atoms with van der Waals surface area (Å²) in [6.45, 7) is 4.27. The molecule has 0 unspecified atom stereocenters. The van der Waals surface area contributed by atoms with E-state index >= 15 is 0 Å². The van der Waals surface area contributed by atoms with Crippen LogP contribution in [0.3, 0.4) is 0 Å². The highest BCUT2D eigenvalue weighted by molar-refractivity contribution is 6.09. The summed E-state index contributed by atoms with van der Waals surface area (Å²) in [4.78, 5) is 14.8. The maximum Gasteiger partial charge on any atom is 0.193 e. The number of hydrogen-bond donors (Lipinski definition) is 0. The molecule has 0 atom stereocenters. The lowest BCUT2D eigenvalue weighted by Crippen LogP contribution is -2.15. The molecule has 0 fully saturated rings. The van der Waals surface area contributed by atoms with Crippen LogP contribution in [-0.2, 0) is 12.8 Å². The Bertz CT molecular complexity index is 604. The molecule has 110 valence electrons. The second-order valence-electron chi connectivity index (χ2n) is 5.44. The molecule has 0 aliphatic rings. The number of carbonyl (C=O) groups excluding carboxylic acids is 1. The molecule has 0 aliphatic heterocycles. The Morgan fingerprint density at radius 3 is 1.86 bits per heavy atom. The summed E-state index contributed by atoms with van der Waals surface area (Å²) in [5, 5.41) is 0.